The van der Waals surface area contributed by atoms with Crippen molar-refractivity contribution < 1.29 is 4.84 Å². The first-order chi connectivity index (χ1) is 5.87. The third-order valence-corrected chi connectivity index (χ3v) is 1.97. The molecule has 0 radical (unpaired) electrons. The zero-order valence-corrected chi connectivity index (χ0v) is 9.55. The van der Waals surface area contributed by atoms with E-state index in [2.05, 4.69) is 19.3 Å². The van der Waals surface area contributed by atoms with Gasteiger partial charge in [-0.2, -0.15) is 0 Å². The Labute approximate surface area is 82.0 Å². The maximum atomic E-state index is 5.63. The molecule has 0 spiro atoms. The van der Waals surface area contributed by atoms with E-state index in [1.54, 1.807) is 0 Å². The van der Waals surface area contributed by atoms with Gasteiger partial charge < -0.3 is 5.73 Å². The number of hydroxylamine groups is 1. The minimum atomic E-state index is -0.129. The van der Waals surface area contributed by atoms with Crippen LogP contribution in [0.1, 0.15) is 34.6 Å². The molecule has 0 rings (SSSR count). The Bertz CT molecular complexity index is 129. The molecule has 3 N–H and O–H groups in total. The van der Waals surface area contributed by atoms with E-state index in [0.717, 1.165) is 6.54 Å². The van der Waals surface area contributed by atoms with Gasteiger partial charge in [0.1, 0.15) is 0 Å². The molecule has 0 saturated carbocycles. The summed E-state index contributed by atoms with van der Waals surface area (Å²) in [6.07, 6.45) is 0. The second-order valence-electron chi connectivity index (χ2n) is 4.80. The standard InChI is InChI=1S/C10H24N2O/c1-8(2)9(6-11)7-12-13-10(3,4)5/h8-9,12H,6-7,11H2,1-5H3. The predicted molar refractivity (Wildman–Crippen MR) is 56.2 cm³/mol. The molecule has 0 aliphatic carbocycles. The molecule has 0 fully saturated rings. The van der Waals surface area contributed by atoms with Crippen LogP contribution in [0.5, 0.6) is 0 Å². The highest BCUT2D eigenvalue weighted by atomic mass is 16.7. The SMILES string of the molecule is CC(C)C(CN)CNOC(C)(C)C. The normalized spacial score (nSPS) is 15.0. The molecule has 0 aromatic heterocycles. The molecular weight excluding hydrogens is 164 g/mol. The Morgan fingerprint density at radius 3 is 2.15 bits per heavy atom. The lowest BCUT2D eigenvalue weighted by atomic mass is 9.96. The first kappa shape index (κ1) is 12.9. The molecule has 0 aliphatic rings. The maximum Gasteiger partial charge on any atom is 0.0812 e. The summed E-state index contributed by atoms with van der Waals surface area (Å²) in [5.74, 6) is 1.09. The van der Waals surface area contributed by atoms with Gasteiger partial charge in [-0.3, -0.25) is 4.84 Å². The van der Waals surface area contributed by atoms with Crippen LogP contribution in [-0.2, 0) is 4.84 Å². The van der Waals surface area contributed by atoms with Crippen LogP contribution in [0.25, 0.3) is 0 Å². The van der Waals surface area contributed by atoms with Gasteiger partial charge in [-0.25, -0.2) is 5.48 Å². The Morgan fingerprint density at radius 1 is 1.31 bits per heavy atom. The van der Waals surface area contributed by atoms with Crippen molar-refractivity contribution in [2.24, 2.45) is 17.6 Å². The van der Waals surface area contributed by atoms with Crippen LogP contribution in [0.4, 0.5) is 0 Å². The van der Waals surface area contributed by atoms with E-state index >= 15 is 0 Å². The molecule has 0 heterocycles. The quantitative estimate of drug-likeness (QED) is 0.643. The maximum absolute atomic E-state index is 5.63. The fourth-order valence-corrected chi connectivity index (χ4v) is 0.956. The topological polar surface area (TPSA) is 47.3 Å². The number of nitrogens with two attached hydrogens (primary N) is 1. The van der Waals surface area contributed by atoms with E-state index < -0.39 is 0 Å². The zero-order chi connectivity index (χ0) is 10.5. The van der Waals surface area contributed by atoms with Crippen molar-refractivity contribution in [3.05, 3.63) is 0 Å². The van der Waals surface area contributed by atoms with E-state index in [-0.39, 0.29) is 5.60 Å². The molecule has 0 aromatic carbocycles. The number of rotatable bonds is 5. The summed E-state index contributed by atoms with van der Waals surface area (Å²) in [6.45, 7) is 11.9. The third kappa shape index (κ3) is 6.99. The van der Waals surface area contributed by atoms with Crippen molar-refractivity contribution in [3.8, 4) is 0 Å². The molecule has 0 amide bonds. The molecule has 3 heteroatoms. The lowest BCUT2D eigenvalue weighted by Gasteiger charge is -2.24. The summed E-state index contributed by atoms with van der Waals surface area (Å²) >= 11 is 0. The Morgan fingerprint density at radius 2 is 1.85 bits per heavy atom. The van der Waals surface area contributed by atoms with E-state index in [9.17, 15) is 0 Å². The van der Waals surface area contributed by atoms with Gasteiger partial charge in [-0.05, 0) is 39.2 Å². The molecule has 0 aromatic rings. The van der Waals surface area contributed by atoms with Crippen molar-refractivity contribution in [2.45, 2.75) is 40.2 Å². The lowest BCUT2D eigenvalue weighted by Crippen LogP contribution is -2.36. The largest absolute Gasteiger partial charge is 0.330 e. The molecule has 80 valence electrons. The Kier molecular flexibility index (Phi) is 5.53. The fraction of sp³-hybridized carbons (Fsp3) is 1.00. The smallest absolute Gasteiger partial charge is 0.0812 e. The molecule has 3 nitrogen and oxygen atoms in total. The van der Waals surface area contributed by atoms with Gasteiger partial charge in [0.05, 0.1) is 5.60 Å². The van der Waals surface area contributed by atoms with Crippen LogP contribution in [0.2, 0.25) is 0 Å². The van der Waals surface area contributed by atoms with Crippen LogP contribution in [0.3, 0.4) is 0 Å². The fourth-order valence-electron chi connectivity index (χ4n) is 0.956. The summed E-state index contributed by atoms with van der Waals surface area (Å²) in [4.78, 5) is 5.41. The molecule has 1 unspecified atom stereocenters. The van der Waals surface area contributed by atoms with E-state index in [0.29, 0.717) is 18.4 Å². The average molecular weight is 188 g/mol. The molecular formula is C10H24N2O. The van der Waals surface area contributed by atoms with E-state index in [1.807, 2.05) is 20.8 Å². The zero-order valence-electron chi connectivity index (χ0n) is 9.55. The number of nitrogens with one attached hydrogen (secondary N) is 1. The van der Waals surface area contributed by atoms with E-state index in [1.165, 1.54) is 0 Å². The minimum absolute atomic E-state index is 0.129. The van der Waals surface area contributed by atoms with Crippen LogP contribution < -0.4 is 11.2 Å². The summed E-state index contributed by atoms with van der Waals surface area (Å²) in [5, 5.41) is 0. The van der Waals surface area contributed by atoms with Gasteiger partial charge in [-0.1, -0.05) is 13.8 Å². The van der Waals surface area contributed by atoms with Gasteiger partial charge in [0.15, 0.2) is 0 Å². The number of hydrogen-bond acceptors (Lipinski definition) is 3. The summed E-state index contributed by atoms with van der Waals surface area (Å²) < 4.78 is 0. The van der Waals surface area contributed by atoms with Crippen LogP contribution >= 0.6 is 0 Å². The van der Waals surface area contributed by atoms with E-state index in [4.69, 9.17) is 10.6 Å². The van der Waals surface area contributed by atoms with Crippen LogP contribution in [0.15, 0.2) is 0 Å². The van der Waals surface area contributed by atoms with Crippen molar-refractivity contribution in [1.82, 2.24) is 5.48 Å². The third-order valence-electron chi connectivity index (χ3n) is 1.97. The van der Waals surface area contributed by atoms with Crippen molar-refractivity contribution >= 4 is 0 Å². The Hall–Kier alpha value is -0.120. The molecule has 13 heavy (non-hydrogen) atoms. The highest BCUT2D eigenvalue weighted by molar-refractivity contribution is 4.65. The summed E-state index contributed by atoms with van der Waals surface area (Å²) in [5.41, 5.74) is 8.48. The second kappa shape index (κ2) is 5.58. The van der Waals surface area contributed by atoms with Crippen molar-refractivity contribution in [3.63, 3.8) is 0 Å². The first-order valence-corrected chi connectivity index (χ1v) is 4.97. The second-order valence-corrected chi connectivity index (χ2v) is 4.80. The highest BCUT2D eigenvalue weighted by Gasteiger charge is 2.14. The van der Waals surface area contributed by atoms with Gasteiger partial charge in [0, 0.05) is 6.54 Å². The summed E-state index contributed by atoms with van der Waals surface area (Å²) in [7, 11) is 0. The molecule has 0 aliphatic heterocycles. The Balaban J connectivity index is 3.62. The number of hydrogen-bond donors (Lipinski definition) is 2. The minimum Gasteiger partial charge on any atom is -0.330 e. The van der Waals surface area contributed by atoms with Gasteiger partial charge in [-0.15, -0.1) is 0 Å². The van der Waals surface area contributed by atoms with Crippen LogP contribution in [0, 0.1) is 11.8 Å². The summed E-state index contributed by atoms with van der Waals surface area (Å²) in [6, 6.07) is 0. The van der Waals surface area contributed by atoms with Crippen molar-refractivity contribution in [1.29, 1.82) is 0 Å². The van der Waals surface area contributed by atoms with Gasteiger partial charge >= 0.3 is 0 Å². The van der Waals surface area contributed by atoms with Crippen LogP contribution in [-0.4, -0.2) is 18.7 Å². The van der Waals surface area contributed by atoms with Crippen molar-refractivity contribution in [2.75, 3.05) is 13.1 Å². The lowest BCUT2D eigenvalue weighted by molar-refractivity contribution is -0.0783. The average Bonchev–Trinajstić information content (AvgIpc) is 1.95. The van der Waals surface area contributed by atoms with Gasteiger partial charge in [0.25, 0.3) is 0 Å². The molecule has 0 bridgehead atoms. The highest BCUT2D eigenvalue weighted by Crippen LogP contribution is 2.09. The molecule has 1 atom stereocenters. The predicted octanol–water partition coefficient (Wildman–Crippen LogP) is 1.54. The molecule has 0 saturated heterocycles. The monoisotopic (exact) mass is 188 g/mol. The van der Waals surface area contributed by atoms with Gasteiger partial charge in [0.2, 0.25) is 0 Å². The first-order valence-electron chi connectivity index (χ1n) is 4.97.